The Bertz CT molecular complexity index is 555. The Balaban J connectivity index is 2.48. The van der Waals surface area contributed by atoms with Crippen molar-refractivity contribution in [2.75, 3.05) is 0 Å². The molecule has 15 heavy (non-hydrogen) atoms. The van der Waals surface area contributed by atoms with Gasteiger partial charge in [0, 0.05) is 16.6 Å². The predicted octanol–water partition coefficient (Wildman–Crippen LogP) is 3.40. The highest BCUT2D eigenvalue weighted by molar-refractivity contribution is 5.85. The molecule has 2 nitrogen and oxygen atoms in total. The zero-order chi connectivity index (χ0) is 10.8. The Kier molecular flexibility index (Phi) is 2.31. The van der Waals surface area contributed by atoms with Crippen LogP contribution in [-0.2, 0) is 0 Å². The fourth-order valence-electron chi connectivity index (χ4n) is 1.62. The molecular weight excluding hydrogens is 184 g/mol. The van der Waals surface area contributed by atoms with Crippen molar-refractivity contribution in [1.29, 1.82) is 5.26 Å². The molecule has 74 valence electrons. The number of nitriles is 1. The van der Waals surface area contributed by atoms with E-state index in [1.165, 1.54) is 5.56 Å². The van der Waals surface area contributed by atoms with Crippen LogP contribution in [0, 0.1) is 18.3 Å². The first kappa shape index (κ1) is 9.54. The molecule has 0 aliphatic carbocycles. The highest BCUT2D eigenvalue weighted by atomic mass is 14.7. The lowest BCUT2D eigenvalue weighted by molar-refractivity contribution is 1.31. The van der Waals surface area contributed by atoms with E-state index in [2.05, 4.69) is 42.8 Å². The van der Waals surface area contributed by atoms with E-state index in [9.17, 15) is 0 Å². The summed E-state index contributed by atoms with van der Waals surface area (Å²) >= 11 is 0. The summed E-state index contributed by atoms with van der Waals surface area (Å²) in [5.74, 6) is 0. The zero-order valence-corrected chi connectivity index (χ0v) is 8.67. The lowest BCUT2D eigenvalue weighted by Crippen LogP contribution is -1.80. The summed E-state index contributed by atoms with van der Waals surface area (Å²) in [5.41, 5.74) is 4.12. The molecule has 0 radical (unpaired) electrons. The van der Waals surface area contributed by atoms with E-state index in [1.54, 1.807) is 0 Å². The Morgan fingerprint density at radius 1 is 1.47 bits per heavy atom. The second-order valence-corrected chi connectivity index (χ2v) is 3.71. The first-order valence-electron chi connectivity index (χ1n) is 4.85. The van der Waals surface area contributed by atoms with E-state index in [0.717, 1.165) is 22.2 Å². The number of fused-ring (bicyclic) bond motifs is 1. The van der Waals surface area contributed by atoms with Crippen molar-refractivity contribution >= 4 is 16.5 Å². The number of aromatic nitrogens is 1. The van der Waals surface area contributed by atoms with Gasteiger partial charge < -0.3 is 4.98 Å². The second-order valence-electron chi connectivity index (χ2n) is 3.71. The van der Waals surface area contributed by atoms with E-state index in [0.29, 0.717) is 6.42 Å². The molecule has 0 saturated heterocycles. The molecule has 2 rings (SSSR count). The standard InChI is InChI=1S/C13H12N2/c1-9-3-4-11-8-12(10(2)5-6-14)15-13(11)7-9/h3-4,7-8,15H,2,5H2,1H3. The number of rotatable bonds is 2. The van der Waals surface area contributed by atoms with Gasteiger partial charge in [-0.15, -0.1) is 0 Å². The fourth-order valence-corrected chi connectivity index (χ4v) is 1.62. The average molecular weight is 196 g/mol. The number of hydrogen-bond acceptors (Lipinski definition) is 1. The molecule has 1 heterocycles. The van der Waals surface area contributed by atoms with Gasteiger partial charge in [-0.2, -0.15) is 5.26 Å². The third kappa shape index (κ3) is 1.77. The van der Waals surface area contributed by atoms with Crippen LogP contribution in [0.3, 0.4) is 0 Å². The lowest BCUT2D eigenvalue weighted by Gasteiger charge is -1.94. The van der Waals surface area contributed by atoms with Crippen molar-refractivity contribution in [3.63, 3.8) is 0 Å². The summed E-state index contributed by atoms with van der Waals surface area (Å²) in [6.07, 6.45) is 0.367. The topological polar surface area (TPSA) is 39.6 Å². The first-order chi connectivity index (χ1) is 7.20. The molecule has 0 saturated carbocycles. The van der Waals surface area contributed by atoms with E-state index in [4.69, 9.17) is 5.26 Å². The van der Waals surface area contributed by atoms with Gasteiger partial charge >= 0.3 is 0 Å². The van der Waals surface area contributed by atoms with Crippen LogP contribution in [0.25, 0.3) is 16.5 Å². The molecule has 0 amide bonds. The molecule has 0 fully saturated rings. The van der Waals surface area contributed by atoms with E-state index >= 15 is 0 Å². The van der Waals surface area contributed by atoms with Gasteiger partial charge in [-0.05, 0) is 30.2 Å². The Morgan fingerprint density at radius 3 is 3.00 bits per heavy atom. The first-order valence-corrected chi connectivity index (χ1v) is 4.85. The molecule has 0 atom stereocenters. The number of nitrogens with one attached hydrogen (secondary N) is 1. The number of aromatic amines is 1. The van der Waals surface area contributed by atoms with Crippen molar-refractivity contribution in [3.05, 3.63) is 42.1 Å². The number of allylic oxidation sites excluding steroid dienone is 1. The van der Waals surface area contributed by atoms with Gasteiger partial charge in [0.1, 0.15) is 0 Å². The Labute approximate surface area is 88.8 Å². The smallest absolute Gasteiger partial charge is 0.0670 e. The van der Waals surface area contributed by atoms with E-state index < -0.39 is 0 Å². The zero-order valence-electron chi connectivity index (χ0n) is 8.67. The molecule has 1 N–H and O–H groups in total. The second kappa shape index (κ2) is 3.62. The van der Waals surface area contributed by atoms with Gasteiger partial charge in [0.25, 0.3) is 0 Å². The minimum Gasteiger partial charge on any atom is -0.355 e. The van der Waals surface area contributed by atoms with E-state index in [-0.39, 0.29) is 0 Å². The number of H-pyrrole nitrogens is 1. The van der Waals surface area contributed by atoms with Crippen LogP contribution in [0.4, 0.5) is 0 Å². The van der Waals surface area contributed by atoms with Crippen molar-refractivity contribution in [2.24, 2.45) is 0 Å². The van der Waals surface area contributed by atoms with Gasteiger partial charge in [-0.3, -0.25) is 0 Å². The molecule has 2 heteroatoms. The third-order valence-electron chi connectivity index (χ3n) is 2.45. The maximum atomic E-state index is 8.59. The van der Waals surface area contributed by atoms with Crippen LogP contribution in [-0.4, -0.2) is 4.98 Å². The average Bonchev–Trinajstić information content (AvgIpc) is 2.60. The minimum absolute atomic E-state index is 0.367. The van der Waals surface area contributed by atoms with Crippen LogP contribution in [0.1, 0.15) is 17.7 Å². The Hall–Kier alpha value is -2.01. The monoisotopic (exact) mass is 196 g/mol. The van der Waals surface area contributed by atoms with Crippen molar-refractivity contribution in [2.45, 2.75) is 13.3 Å². The summed E-state index contributed by atoms with van der Waals surface area (Å²) < 4.78 is 0. The van der Waals surface area contributed by atoms with Crippen LogP contribution in [0.2, 0.25) is 0 Å². The summed E-state index contributed by atoms with van der Waals surface area (Å²) in [4.78, 5) is 3.27. The van der Waals surface area contributed by atoms with Gasteiger partial charge in [0.05, 0.1) is 12.5 Å². The van der Waals surface area contributed by atoms with Gasteiger partial charge in [-0.1, -0.05) is 18.7 Å². The summed E-state index contributed by atoms with van der Waals surface area (Å²) in [7, 11) is 0. The van der Waals surface area contributed by atoms with Crippen molar-refractivity contribution < 1.29 is 0 Å². The number of aryl methyl sites for hydroxylation is 1. The predicted molar refractivity (Wildman–Crippen MR) is 62.3 cm³/mol. The SMILES string of the molecule is C=C(CC#N)c1cc2ccc(C)cc2[nH]1. The van der Waals surface area contributed by atoms with Crippen LogP contribution in [0.15, 0.2) is 30.8 Å². The molecule has 1 aromatic carbocycles. The van der Waals surface area contributed by atoms with Gasteiger partial charge in [0.15, 0.2) is 0 Å². The fraction of sp³-hybridized carbons (Fsp3) is 0.154. The van der Waals surface area contributed by atoms with Crippen LogP contribution < -0.4 is 0 Å². The molecule has 0 bridgehead atoms. The summed E-state index contributed by atoms with van der Waals surface area (Å²) in [6.45, 7) is 5.94. The maximum absolute atomic E-state index is 8.59. The summed E-state index contributed by atoms with van der Waals surface area (Å²) in [5, 5.41) is 9.75. The third-order valence-corrected chi connectivity index (χ3v) is 2.45. The highest BCUT2D eigenvalue weighted by Crippen LogP contribution is 2.22. The molecule has 0 aliphatic heterocycles. The van der Waals surface area contributed by atoms with Crippen molar-refractivity contribution in [3.8, 4) is 6.07 Å². The van der Waals surface area contributed by atoms with Gasteiger partial charge in [0.2, 0.25) is 0 Å². The number of benzene rings is 1. The molecule has 0 unspecified atom stereocenters. The quantitative estimate of drug-likeness (QED) is 0.785. The molecule has 1 aromatic heterocycles. The van der Waals surface area contributed by atoms with Crippen LogP contribution in [0.5, 0.6) is 0 Å². The Morgan fingerprint density at radius 2 is 2.27 bits per heavy atom. The highest BCUT2D eigenvalue weighted by Gasteiger charge is 2.03. The molecule has 0 aliphatic rings. The maximum Gasteiger partial charge on any atom is 0.0670 e. The largest absolute Gasteiger partial charge is 0.355 e. The minimum atomic E-state index is 0.367. The normalized spacial score (nSPS) is 10.1. The lowest BCUT2D eigenvalue weighted by atomic mass is 10.1. The molecule has 2 aromatic rings. The number of nitrogens with zero attached hydrogens (tertiary/aromatic N) is 1. The van der Waals surface area contributed by atoms with Gasteiger partial charge in [-0.25, -0.2) is 0 Å². The number of hydrogen-bond donors (Lipinski definition) is 1. The summed E-state index contributed by atoms with van der Waals surface area (Å²) in [6, 6.07) is 10.4. The molecular formula is C13H12N2. The van der Waals surface area contributed by atoms with Crippen molar-refractivity contribution in [1.82, 2.24) is 4.98 Å². The van der Waals surface area contributed by atoms with Crippen LogP contribution >= 0.6 is 0 Å². The molecule has 0 spiro atoms. The van der Waals surface area contributed by atoms with E-state index in [1.807, 2.05) is 6.07 Å².